The molecule has 0 spiro atoms. The van der Waals surface area contributed by atoms with Crippen LogP contribution in [0.25, 0.3) is 63.6 Å². The van der Waals surface area contributed by atoms with Crippen LogP contribution in [0.4, 0.5) is 17.1 Å². The molecule has 0 amide bonds. The SMILES string of the molecule is c1ccc(N(c2cccc3ccccc23)c2cc3ccccc3c3ccccc23)c(-c2ccc3sc4ccccc4c3c2)c1. The number of thiophene rings is 1. The second kappa shape index (κ2) is 10.1. The number of hydrogen-bond donors (Lipinski definition) is 0. The first-order valence-corrected chi connectivity index (χ1v) is 15.8. The van der Waals surface area contributed by atoms with Gasteiger partial charge in [0.25, 0.3) is 0 Å². The van der Waals surface area contributed by atoms with E-state index in [0.717, 1.165) is 11.4 Å². The highest BCUT2D eigenvalue weighted by Gasteiger charge is 2.22. The first kappa shape index (κ1) is 25.1. The molecule has 0 aliphatic heterocycles. The molecule has 9 aromatic rings. The fourth-order valence-corrected chi connectivity index (χ4v) is 7.90. The number of hydrogen-bond acceptors (Lipinski definition) is 2. The van der Waals surface area contributed by atoms with Crippen molar-refractivity contribution < 1.29 is 0 Å². The van der Waals surface area contributed by atoms with Crippen LogP contribution in [-0.4, -0.2) is 0 Å². The predicted octanol–water partition coefficient (Wildman–Crippen LogP) is 12.7. The molecule has 1 heterocycles. The third kappa shape index (κ3) is 3.92. The van der Waals surface area contributed by atoms with Gasteiger partial charge in [-0.2, -0.15) is 0 Å². The zero-order chi connectivity index (χ0) is 29.0. The topological polar surface area (TPSA) is 3.24 Å². The van der Waals surface area contributed by atoms with Crippen LogP contribution in [0.2, 0.25) is 0 Å². The molecule has 0 unspecified atom stereocenters. The third-order valence-electron chi connectivity index (χ3n) is 8.83. The lowest BCUT2D eigenvalue weighted by molar-refractivity contribution is 1.32. The number of para-hydroxylation sites is 1. The van der Waals surface area contributed by atoms with Gasteiger partial charge in [0, 0.05) is 36.5 Å². The maximum Gasteiger partial charge on any atom is 0.0546 e. The van der Waals surface area contributed by atoms with Crippen molar-refractivity contribution in [1.82, 2.24) is 0 Å². The van der Waals surface area contributed by atoms with Crippen molar-refractivity contribution in [3.05, 3.63) is 164 Å². The van der Waals surface area contributed by atoms with Gasteiger partial charge < -0.3 is 4.90 Å². The molecule has 0 aliphatic rings. The Morgan fingerprint density at radius 2 is 0.955 bits per heavy atom. The molecule has 0 atom stereocenters. The molecule has 0 aliphatic carbocycles. The molecule has 9 rings (SSSR count). The van der Waals surface area contributed by atoms with Crippen molar-refractivity contribution in [1.29, 1.82) is 0 Å². The van der Waals surface area contributed by atoms with E-state index in [1.165, 1.54) is 69.3 Å². The Hall–Kier alpha value is -5.44. The van der Waals surface area contributed by atoms with Gasteiger partial charge in [-0.05, 0) is 63.5 Å². The summed E-state index contributed by atoms with van der Waals surface area (Å²) in [6.45, 7) is 0. The Morgan fingerprint density at radius 3 is 1.84 bits per heavy atom. The molecule has 0 saturated carbocycles. The van der Waals surface area contributed by atoms with E-state index in [2.05, 4.69) is 169 Å². The summed E-state index contributed by atoms with van der Waals surface area (Å²) in [5.74, 6) is 0. The molecule has 8 aromatic carbocycles. The van der Waals surface area contributed by atoms with Gasteiger partial charge in [-0.1, -0.05) is 127 Å². The lowest BCUT2D eigenvalue weighted by Gasteiger charge is -2.30. The number of rotatable bonds is 4. The number of nitrogens with zero attached hydrogens (tertiary/aromatic N) is 1. The van der Waals surface area contributed by atoms with Crippen molar-refractivity contribution in [2.75, 3.05) is 4.90 Å². The van der Waals surface area contributed by atoms with Crippen molar-refractivity contribution >= 4 is 80.9 Å². The van der Waals surface area contributed by atoms with Gasteiger partial charge in [-0.3, -0.25) is 0 Å². The molecular formula is C42H27NS. The Labute approximate surface area is 259 Å². The second-order valence-corrected chi connectivity index (χ2v) is 12.4. The Bertz CT molecular complexity index is 2520. The molecule has 0 bridgehead atoms. The summed E-state index contributed by atoms with van der Waals surface area (Å²) in [4.78, 5) is 2.49. The maximum absolute atomic E-state index is 2.49. The Kier molecular flexibility index (Phi) is 5.75. The molecule has 0 radical (unpaired) electrons. The summed E-state index contributed by atoms with van der Waals surface area (Å²) >= 11 is 1.86. The first-order valence-electron chi connectivity index (χ1n) is 15.0. The van der Waals surface area contributed by atoms with Crippen molar-refractivity contribution in [3.63, 3.8) is 0 Å². The van der Waals surface area contributed by atoms with Gasteiger partial charge in [0.15, 0.2) is 0 Å². The van der Waals surface area contributed by atoms with Crippen LogP contribution >= 0.6 is 11.3 Å². The highest BCUT2D eigenvalue weighted by atomic mass is 32.1. The summed E-state index contributed by atoms with van der Waals surface area (Å²) in [6.07, 6.45) is 0. The normalized spacial score (nSPS) is 11.6. The highest BCUT2D eigenvalue weighted by Crippen LogP contribution is 2.47. The lowest BCUT2D eigenvalue weighted by Crippen LogP contribution is -2.12. The molecule has 0 saturated heterocycles. The van der Waals surface area contributed by atoms with Gasteiger partial charge in [0.05, 0.1) is 17.1 Å². The van der Waals surface area contributed by atoms with Crippen LogP contribution in [0.1, 0.15) is 0 Å². The third-order valence-corrected chi connectivity index (χ3v) is 9.98. The summed E-state index contributed by atoms with van der Waals surface area (Å²) in [5.41, 5.74) is 5.91. The largest absolute Gasteiger partial charge is 0.309 e. The molecule has 44 heavy (non-hydrogen) atoms. The molecule has 206 valence electrons. The number of fused-ring (bicyclic) bond motifs is 7. The van der Waals surface area contributed by atoms with Gasteiger partial charge in [-0.15, -0.1) is 11.3 Å². The highest BCUT2D eigenvalue weighted by molar-refractivity contribution is 7.25. The molecule has 0 fully saturated rings. The van der Waals surface area contributed by atoms with Gasteiger partial charge in [-0.25, -0.2) is 0 Å². The second-order valence-electron chi connectivity index (χ2n) is 11.3. The first-order chi connectivity index (χ1) is 21.8. The summed E-state index contributed by atoms with van der Waals surface area (Å²) in [5, 5.41) is 10.1. The van der Waals surface area contributed by atoms with Crippen LogP contribution in [0.3, 0.4) is 0 Å². The van der Waals surface area contributed by atoms with E-state index in [9.17, 15) is 0 Å². The van der Waals surface area contributed by atoms with Crippen LogP contribution in [0, 0.1) is 0 Å². The zero-order valence-corrected chi connectivity index (χ0v) is 24.8. The van der Waals surface area contributed by atoms with E-state index in [4.69, 9.17) is 0 Å². The molecule has 1 nitrogen and oxygen atoms in total. The lowest BCUT2D eigenvalue weighted by atomic mass is 9.96. The predicted molar refractivity (Wildman–Crippen MR) is 192 cm³/mol. The van der Waals surface area contributed by atoms with Crippen LogP contribution in [-0.2, 0) is 0 Å². The average molecular weight is 578 g/mol. The van der Waals surface area contributed by atoms with Crippen LogP contribution in [0.15, 0.2) is 164 Å². The molecule has 0 N–H and O–H groups in total. The molecule has 2 heteroatoms. The maximum atomic E-state index is 2.49. The Morgan fingerprint density at radius 1 is 0.341 bits per heavy atom. The van der Waals surface area contributed by atoms with Crippen LogP contribution < -0.4 is 4.90 Å². The van der Waals surface area contributed by atoms with Gasteiger partial charge in [0.1, 0.15) is 0 Å². The van der Waals surface area contributed by atoms with E-state index in [1.54, 1.807) is 0 Å². The van der Waals surface area contributed by atoms with Gasteiger partial charge >= 0.3 is 0 Å². The van der Waals surface area contributed by atoms with Crippen molar-refractivity contribution in [3.8, 4) is 11.1 Å². The Balaban J connectivity index is 1.37. The van der Waals surface area contributed by atoms with E-state index >= 15 is 0 Å². The minimum atomic E-state index is 1.16. The summed E-state index contributed by atoms with van der Waals surface area (Å²) in [7, 11) is 0. The van der Waals surface area contributed by atoms with Crippen molar-refractivity contribution in [2.45, 2.75) is 0 Å². The quantitative estimate of drug-likeness (QED) is 0.188. The standard InChI is InChI=1S/C42H27NS/c1-4-16-32-28(12-1)14-11-22-39(32)43(40-27-29-13-2-3-15-31(29)34-18-5-6-19-35(34)40)38-21-9-7-17-33(38)30-24-25-42-37(26-30)36-20-8-10-23-41(36)44-42/h1-27H. The zero-order valence-electron chi connectivity index (χ0n) is 23.9. The van der Waals surface area contributed by atoms with Crippen molar-refractivity contribution in [2.24, 2.45) is 0 Å². The monoisotopic (exact) mass is 577 g/mol. The van der Waals surface area contributed by atoms with E-state index in [-0.39, 0.29) is 0 Å². The summed E-state index contributed by atoms with van der Waals surface area (Å²) in [6, 6.07) is 59.9. The fraction of sp³-hybridized carbons (Fsp3) is 0. The van der Waals surface area contributed by atoms with Crippen LogP contribution in [0.5, 0.6) is 0 Å². The fourth-order valence-electron chi connectivity index (χ4n) is 6.82. The van der Waals surface area contributed by atoms with E-state index < -0.39 is 0 Å². The smallest absolute Gasteiger partial charge is 0.0546 e. The van der Waals surface area contributed by atoms with Gasteiger partial charge in [0.2, 0.25) is 0 Å². The number of benzene rings is 8. The van der Waals surface area contributed by atoms with E-state index in [1.807, 2.05) is 11.3 Å². The summed E-state index contributed by atoms with van der Waals surface area (Å²) < 4.78 is 2.65. The van der Waals surface area contributed by atoms with E-state index in [0.29, 0.717) is 0 Å². The minimum Gasteiger partial charge on any atom is -0.309 e. The molecule has 1 aromatic heterocycles. The number of anilines is 3. The average Bonchev–Trinajstić information content (AvgIpc) is 3.47. The minimum absolute atomic E-state index is 1.16. The molecular weight excluding hydrogens is 551 g/mol.